The molecule has 0 saturated carbocycles. The van der Waals surface area contributed by atoms with Gasteiger partial charge in [0.25, 0.3) is 0 Å². The maximum Gasteiger partial charge on any atom is -0.0103 e. The molecule has 0 radical (unpaired) electrons. The molecule has 0 heterocycles. The first-order chi connectivity index (χ1) is 10.4. The summed E-state index contributed by atoms with van der Waals surface area (Å²) < 4.78 is 0. The molecule has 0 atom stereocenters. The highest BCUT2D eigenvalue weighted by atomic mass is 14.1. The highest BCUT2D eigenvalue weighted by Crippen LogP contribution is 2.29. The first-order valence-electron chi connectivity index (χ1n) is 7.97. The number of allylic oxidation sites excluding steroid dienone is 1. The van der Waals surface area contributed by atoms with E-state index in [2.05, 4.69) is 73.7 Å². The first-order valence-corrected chi connectivity index (χ1v) is 7.97. The van der Waals surface area contributed by atoms with Gasteiger partial charge in [-0.05, 0) is 46.0 Å². The summed E-state index contributed by atoms with van der Waals surface area (Å²) in [5.74, 6) is 0. The molecule has 0 amide bonds. The Morgan fingerprint density at radius 2 is 1.43 bits per heavy atom. The van der Waals surface area contributed by atoms with Crippen LogP contribution < -0.4 is 0 Å². The average Bonchev–Trinajstić information content (AvgIpc) is 2.53. The molecule has 0 bridgehead atoms. The number of rotatable bonds is 5. The molecule has 0 aliphatic heterocycles. The number of hydrogen-bond acceptors (Lipinski definition) is 0. The van der Waals surface area contributed by atoms with Gasteiger partial charge in [0.15, 0.2) is 0 Å². The quantitative estimate of drug-likeness (QED) is 0.364. The molecule has 0 aliphatic rings. The SMILES string of the molecule is CCCCCC=Cc1c2ccccc2cc2ccccc12. The lowest BCUT2D eigenvalue weighted by atomic mass is 9.96. The Bertz CT molecular complexity index is 711. The van der Waals surface area contributed by atoms with E-state index in [0.29, 0.717) is 0 Å². The highest BCUT2D eigenvalue weighted by molar-refractivity contribution is 6.06. The molecule has 0 aromatic heterocycles. The zero-order chi connectivity index (χ0) is 14.5. The van der Waals surface area contributed by atoms with E-state index in [1.54, 1.807) is 0 Å². The average molecular weight is 274 g/mol. The molecular formula is C21H22. The standard InChI is InChI=1S/C21H22/c1-2-3-4-5-6-15-21-19-13-9-7-11-17(19)16-18-12-8-10-14-20(18)21/h6-16H,2-5H2,1H3. The summed E-state index contributed by atoms with van der Waals surface area (Å²) in [5, 5.41) is 5.35. The molecule has 0 N–H and O–H groups in total. The minimum Gasteiger partial charge on any atom is -0.0839 e. The summed E-state index contributed by atoms with van der Waals surface area (Å²) in [7, 11) is 0. The first kappa shape index (κ1) is 13.9. The second kappa shape index (κ2) is 6.58. The van der Waals surface area contributed by atoms with Gasteiger partial charge in [-0.1, -0.05) is 80.4 Å². The largest absolute Gasteiger partial charge is 0.0839 e. The maximum absolute atomic E-state index is 2.34. The van der Waals surface area contributed by atoms with Crippen LogP contribution in [-0.4, -0.2) is 0 Å². The number of benzene rings is 3. The van der Waals surface area contributed by atoms with Crippen LogP contribution in [0.5, 0.6) is 0 Å². The minimum atomic E-state index is 1.17. The molecule has 0 unspecified atom stereocenters. The number of hydrogen-bond donors (Lipinski definition) is 0. The Balaban J connectivity index is 2.07. The van der Waals surface area contributed by atoms with Crippen LogP contribution in [0.4, 0.5) is 0 Å². The van der Waals surface area contributed by atoms with Crippen LogP contribution in [0, 0.1) is 0 Å². The van der Waals surface area contributed by atoms with Gasteiger partial charge in [-0.2, -0.15) is 0 Å². The van der Waals surface area contributed by atoms with Gasteiger partial charge in [0, 0.05) is 0 Å². The van der Waals surface area contributed by atoms with Crippen molar-refractivity contribution < 1.29 is 0 Å². The molecule has 0 saturated heterocycles. The molecule has 106 valence electrons. The van der Waals surface area contributed by atoms with Crippen LogP contribution >= 0.6 is 0 Å². The summed E-state index contributed by atoms with van der Waals surface area (Å²) in [6.45, 7) is 2.25. The van der Waals surface area contributed by atoms with Crippen molar-refractivity contribution >= 4 is 27.6 Å². The smallest absolute Gasteiger partial charge is 0.0103 e. The molecule has 3 aromatic rings. The Hall–Kier alpha value is -2.08. The second-order valence-corrected chi connectivity index (χ2v) is 5.63. The van der Waals surface area contributed by atoms with Gasteiger partial charge >= 0.3 is 0 Å². The van der Waals surface area contributed by atoms with E-state index in [-0.39, 0.29) is 0 Å². The normalized spacial score (nSPS) is 11.7. The molecule has 3 rings (SSSR count). The zero-order valence-electron chi connectivity index (χ0n) is 12.7. The summed E-state index contributed by atoms with van der Waals surface area (Å²) in [4.78, 5) is 0. The predicted octanol–water partition coefficient (Wildman–Crippen LogP) is 6.59. The third-order valence-corrected chi connectivity index (χ3v) is 4.07. The Morgan fingerprint density at radius 3 is 2.05 bits per heavy atom. The lowest BCUT2D eigenvalue weighted by Gasteiger charge is -2.08. The van der Waals surface area contributed by atoms with Gasteiger partial charge in [0.05, 0.1) is 0 Å². The van der Waals surface area contributed by atoms with E-state index in [1.165, 1.54) is 52.8 Å². The Morgan fingerprint density at radius 1 is 0.810 bits per heavy atom. The molecule has 21 heavy (non-hydrogen) atoms. The Kier molecular flexibility index (Phi) is 4.35. The fourth-order valence-electron chi connectivity index (χ4n) is 2.94. The second-order valence-electron chi connectivity index (χ2n) is 5.63. The van der Waals surface area contributed by atoms with Gasteiger partial charge in [-0.3, -0.25) is 0 Å². The van der Waals surface area contributed by atoms with E-state index in [0.717, 1.165) is 0 Å². The summed E-state index contributed by atoms with van der Waals surface area (Å²) in [6.07, 6.45) is 9.72. The van der Waals surface area contributed by atoms with Crippen LogP contribution in [0.3, 0.4) is 0 Å². The maximum atomic E-state index is 2.34. The molecule has 0 spiro atoms. The predicted molar refractivity (Wildman–Crippen MR) is 94.6 cm³/mol. The van der Waals surface area contributed by atoms with Crippen LogP contribution in [0.25, 0.3) is 27.6 Å². The van der Waals surface area contributed by atoms with E-state index in [4.69, 9.17) is 0 Å². The minimum absolute atomic E-state index is 1.17. The fraction of sp³-hybridized carbons (Fsp3) is 0.238. The van der Waals surface area contributed by atoms with Crippen LogP contribution in [-0.2, 0) is 0 Å². The van der Waals surface area contributed by atoms with E-state index in [1.807, 2.05) is 0 Å². The van der Waals surface area contributed by atoms with Gasteiger partial charge in [-0.25, -0.2) is 0 Å². The molecule has 0 aliphatic carbocycles. The van der Waals surface area contributed by atoms with E-state index < -0.39 is 0 Å². The van der Waals surface area contributed by atoms with Crippen molar-refractivity contribution in [1.29, 1.82) is 0 Å². The number of unbranched alkanes of at least 4 members (excludes halogenated alkanes) is 3. The van der Waals surface area contributed by atoms with Crippen molar-refractivity contribution in [3.63, 3.8) is 0 Å². The number of fused-ring (bicyclic) bond motifs is 2. The van der Waals surface area contributed by atoms with E-state index >= 15 is 0 Å². The van der Waals surface area contributed by atoms with Crippen molar-refractivity contribution in [2.24, 2.45) is 0 Å². The zero-order valence-corrected chi connectivity index (χ0v) is 12.7. The van der Waals surface area contributed by atoms with Crippen molar-refractivity contribution in [3.8, 4) is 0 Å². The van der Waals surface area contributed by atoms with Crippen LogP contribution in [0.15, 0.2) is 60.7 Å². The van der Waals surface area contributed by atoms with Crippen LogP contribution in [0.2, 0.25) is 0 Å². The van der Waals surface area contributed by atoms with Crippen LogP contribution in [0.1, 0.15) is 38.2 Å². The topological polar surface area (TPSA) is 0 Å². The fourth-order valence-corrected chi connectivity index (χ4v) is 2.94. The van der Waals surface area contributed by atoms with Crippen molar-refractivity contribution in [2.45, 2.75) is 32.6 Å². The summed E-state index contributed by atoms with van der Waals surface area (Å²) in [6, 6.07) is 19.7. The van der Waals surface area contributed by atoms with Crippen molar-refractivity contribution in [1.82, 2.24) is 0 Å². The van der Waals surface area contributed by atoms with E-state index in [9.17, 15) is 0 Å². The van der Waals surface area contributed by atoms with Gasteiger partial charge in [0.2, 0.25) is 0 Å². The lowest BCUT2D eigenvalue weighted by Crippen LogP contribution is -1.83. The molecule has 0 fully saturated rings. The third-order valence-electron chi connectivity index (χ3n) is 4.07. The molecular weight excluding hydrogens is 252 g/mol. The monoisotopic (exact) mass is 274 g/mol. The van der Waals surface area contributed by atoms with Crippen molar-refractivity contribution in [2.75, 3.05) is 0 Å². The molecule has 0 nitrogen and oxygen atoms in total. The highest BCUT2D eigenvalue weighted by Gasteiger charge is 2.04. The molecule has 0 heteroatoms. The van der Waals surface area contributed by atoms with Gasteiger partial charge in [0.1, 0.15) is 0 Å². The third kappa shape index (κ3) is 3.00. The summed E-state index contributed by atoms with van der Waals surface area (Å²) >= 11 is 0. The Labute approximate surface area is 127 Å². The van der Waals surface area contributed by atoms with Gasteiger partial charge in [-0.15, -0.1) is 0 Å². The summed E-state index contributed by atoms with van der Waals surface area (Å²) in [5.41, 5.74) is 1.36. The van der Waals surface area contributed by atoms with Gasteiger partial charge < -0.3 is 0 Å². The lowest BCUT2D eigenvalue weighted by molar-refractivity contribution is 0.730. The van der Waals surface area contributed by atoms with Crippen molar-refractivity contribution in [3.05, 3.63) is 66.2 Å². The molecule has 3 aromatic carbocycles.